The van der Waals surface area contributed by atoms with E-state index >= 15 is 0 Å². The lowest BCUT2D eigenvalue weighted by atomic mass is 10.1. The predicted octanol–water partition coefficient (Wildman–Crippen LogP) is 3.08. The Hall–Kier alpha value is -2.80. The minimum atomic E-state index is -1.09. The smallest absolute Gasteiger partial charge is 0.193 e. The van der Waals surface area contributed by atoms with Gasteiger partial charge in [-0.3, -0.25) is 4.99 Å². The van der Waals surface area contributed by atoms with E-state index in [1.165, 1.54) is 12.1 Å². The monoisotopic (exact) mass is 361 g/mol. The zero-order valence-corrected chi connectivity index (χ0v) is 14.9. The van der Waals surface area contributed by atoms with Crippen LogP contribution in [0.5, 0.6) is 11.5 Å². The van der Waals surface area contributed by atoms with Crippen molar-refractivity contribution in [1.82, 2.24) is 0 Å². The van der Waals surface area contributed by atoms with Gasteiger partial charge in [-0.15, -0.1) is 0 Å². The van der Waals surface area contributed by atoms with Crippen LogP contribution in [0, 0.1) is 5.82 Å². The highest BCUT2D eigenvalue weighted by Gasteiger charge is 2.12. The molecule has 2 aromatic rings. The van der Waals surface area contributed by atoms with E-state index in [9.17, 15) is 9.50 Å². The first-order valence-corrected chi connectivity index (χ1v) is 8.44. The molecular weight excluding hydrogens is 337 g/mol. The highest BCUT2D eigenvalue weighted by molar-refractivity contribution is 5.94. The zero-order chi connectivity index (χ0) is 18.9. The molecule has 0 saturated heterocycles. The van der Waals surface area contributed by atoms with Crippen molar-refractivity contribution in [2.45, 2.75) is 20.0 Å². The summed E-state index contributed by atoms with van der Waals surface area (Å²) >= 11 is 0. The third-order valence-corrected chi connectivity index (χ3v) is 3.52. The highest BCUT2D eigenvalue weighted by atomic mass is 19.1. The largest absolute Gasteiger partial charge is 0.494 e. The number of benzene rings is 2. The van der Waals surface area contributed by atoms with E-state index in [0.717, 1.165) is 0 Å². The van der Waals surface area contributed by atoms with Crippen LogP contribution >= 0.6 is 0 Å². The first-order valence-electron chi connectivity index (χ1n) is 8.44. The third-order valence-electron chi connectivity index (χ3n) is 3.52. The van der Waals surface area contributed by atoms with Crippen LogP contribution in [0.1, 0.15) is 25.5 Å². The topological polar surface area (TPSA) is 89.1 Å². The van der Waals surface area contributed by atoms with Gasteiger partial charge in [0, 0.05) is 11.6 Å². The van der Waals surface area contributed by atoms with Crippen LogP contribution in [-0.4, -0.2) is 30.8 Å². The van der Waals surface area contributed by atoms with E-state index in [1.807, 2.05) is 13.8 Å². The van der Waals surface area contributed by atoms with Gasteiger partial charge in [-0.2, -0.15) is 0 Å². The van der Waals surface area contributed by atoms with E-state index in [1.54, 1.807) is 30.3 Å². The number of hydrogen-bond donors (Lipinski definition) is 3. The van der Waals surface area contributed by atoms with Crippen molar-refractivity contribution < 1.29 is 19.0 Å². The van der Waals surface area contributed by atoms with Crippen molar-refractivity contribution in [1.29, 1.82) is 0 Å². The van der Waals surface area contributed by atoms with Crippen LogP contribution in [-0.2, 0) is 0 Å². The number of rotatable bonds is 8. The molecule has 0 bridgehead atoms. The lowest BCUT2D eigenvalue weighted by Crippen LogP contribution is -2.24. The van der Waals surface area contributed by atoms with Crippen LogP contribution in [0.2, 0.25) is 0 Å². The second-order valence-corrected chi connectivity index (χ2v) is 5.41. The van der Waals surface area contributed by atoms with Crippen molar-refractivity contribution in [3.63, 3.8) is 0 Å². The average Bonchev–Trinajstić information content (AvgIpc) is 2.62. The van der Waals surface area contributed by atoms with Gasteiger partial charge in [-0.05, 0) is 32.0 Å². The number of nitrogens with one attached hydrogen (secondary N) is 1. The molecule has 1 unspecified atom stereocenters. The number of nitrogens with zero attached hydrogens (tertiary/aromatic N) is 1. The maximum absolute atomic E-state index is 13.7. The molecule has 0 fully saturated rings. The first-order chi connectivity index (χ1) is 12.5. The summed E-state index contributed by atoms with van der Waals surface area (Å²) in [6, 6.07) is 11.3. The Balaban J connectivity index is 2.10. The summed E-state index contributed by atoms with van der Waals surface area (Å²) in [4.78, 5) is 4.08. The van der Waals surface area contributed by atoms with E-state index in [0.29, 0.717) is 30.4 Å². The fourth-order valence-corrected chi connectivity index (χ4v) is 2.35. The fourth-order valence-electron chi connectivity index (χ4n) is 2.35. The number of aliphatic hydroxyl groups is 1. The lowest BCUT2D eigenvalue weighted by Gasteiger charge is -2.14. The molecule has 0 amide bonds. The summed E-state index contributed by atoms with van der Waals surface area (Å²) in [6.07, 6.45) is -1.09. The number of hydrogen-bond acceptors (Lipinski definition) is 4. The molecule has 0 heterocycles. The van der Waals surface area contributed by atoms with Crippen molar-refractivity contribution in [2.24, 2.45) is 10.7 Å². The Morgan fingerprint density at radius 1 is 1.19 bits per heavy atom. The summed E-state index contributed by atoms with van der Waals surface area (Å²) in [5.74, 6) is 0.862. The summed E-state index contributed by atoms with van der Waals surface area (Å²) in [6.45, 7) is 4.72. The van der Waals surface area contributed by atoms with Gasteiger partial charge in [0.2, 0.25) is 0 Å². The number of aliphatic imine (C=N–C) groups is 1. The zero-order valence-electron chi connectivity index (χ0n) is 14.9. The van der Waals surface area contributed by atoms with Crippen molar-refractivity contribution in [3.05, 3.63) is 53.8 Å². The van der Waals surface area contributed by atoms with Gasteiger partial charge >= 0.3 is 0 Å². The Morgan fingerprint density at radius 3 is 2.62 bits per heavy atom. The van der Waals surface area contributed by atoms with Crippen LogP contribution < -0.4 is 20.5 Å². The maximum atomic E-state index is 13.7. The summed E-state index contributed by atoms with van der Waals surface area (Å²) in [7, 11) is 0. The molecular formula is C19H24FN3O3. The van der Waals surface area contributed by atoms with Gasteiger partial charge < -0.3 is 25.6 Å². The predicted molar refractivity (Wildman–Crippen MR) is 100 cm³/mol. The lowest BCUT2D eigenvalue weighted by molar-refractivity contribution is 0.182. The first kappa shape index (κ1) is 19.5. The summed E-state index contributed by atoms with van der Waals surface area (Å²) in [5.41, 5.74) is 6.67. The molecule has 0 aromatic heterocycles. The Labute approximate surface area is 152 Å². The molecule has 0 aliphatic carbocycles. The van der Waals surface area contributed by atoms with Gasteiger partial charge in [0.1, 0.15) is 23.4 Å². The van der Waals surface area contributed by atoms with Gasteiger partial charge in [0.05, 0.1) is 25.4 Å². The Morgan fingerprint density at radius 2 is 1.92 bits per heavy atom. The summed E-state index contributed by atoms with van der Waals surface area (Å²) < 4.78 is 24.7. The van der Waals surface area contributed by atoms with Gasteiger partial charge in [0.25, 0.3) is 0 Å². The van der Waals surface area contributed by atoms with Crippen molar-refractivity contribution >= 4 is 11.6 Å². The third kappa shape index (κ3) is 5.35. The molecule has 0 radical (unpaired) electrons. The summed E-state index contributed by atoms with van der Waals surface area (Å²) in [5, 5.41) is 13.0. The van der Waals surface area contributed by atoms with Crippen LogP contribution in [0.15, 0.2) is 47.5 Å². The number of nitrogens with two attached hydrogens (primary N) is 1. The van der Waals surface area contributed by atoms with Gasteiger partial charge in [-0.25, -0.2) is 4.39 Å². The van der Waals surface area contributed by atoms with E-state index < -0.39 is 11.9 Å². The molecule has 1 atom stereocenters. The van der Waals surface area contributed by atoms with Gasteiger partial charge in [-0.1, -0.05) is 18.2 Å². The van der Waals surface area contributed by atoms with Crippen molar-refractivity contribution in [2.75, 3.05) is 25.1 Å². The standard InChI is InChI=1S/C19H24FN3O3/c1-3-25-13-9-10-18(26-4-2)16(11-13)23-19(21)22-12-17(24)14-7-5-6-8-15(14)20/h5-11,17,24H,3-4,12H2,1-2H3,(H3,21,22,23). The molecule has 6 nitrogen and oxygen atoms in total. The molecule has 0 saturated carbocycles. The molecule has 0 spiro atoms. The van der Waals surface area contributed by atoms with Crippen molar-refractivity contribution in [3.8, 4) is 11.5 Å². The number of anilines is 1. The molecule has 140 valence electrons. The van der Waals surface area contributed by atoms with Gasteiger partial charge in [0.15, 0.2) is 5.96 Å². The number of guanidine groups is 1. The number of halogens is 1. The molecule has 2 rings (SSSR count). The molecule has 0 aliphatic heterocycles. The Kier molecular flexibility index (Phi) is 7.23. The minimum absolute atomic E-state index is 0.0745. The van der Waals surface area contributed by atoms with E-state index in [4.69, 9.17) is 15.2 Å². The minimum Gasteiger partial charge on any atom is -0.494 e. The molecule has 4 N–H and O–H groups in total. The second kappa shape index (κ2) is 9.62. The molecule has 26 heavy (non-hydrogen) atoms. The second-order valence-electron chi connectivity index (χ2n) is 5.41. The highest BCUT2D eigenvalue weighted by Crippen LogP contribution is 2.29. The number of ether oxygens (including phenoxy) is 2. The average molecular weight is 361 g/mol. The van der Waals surface area contributed by atoms with Crippen LogP contribution in [0.25, 0.3) is 0 Å². The molecule has 7 heteroatoms. The SMILES string of the molecule is CCOc1ccc(OCC)c(NC(N)=NCC(O)c2ccccc2F)c1. The normalized spacial score (nSPS) is 12.5. The fraction of sp³-hybridized carbons (Fsp3) is 0.316. The molecule has 0 aliphatic rings. The maximum Gasteiger partial charge on any atom is 0.193 e. The number of aliphatic hydroxyl groups excluding tert-OH is 1. The molecule has 2 aromatic carbocycles. The van der Waals surface area contributed by atoms with Crippen LogP contribution in [0.3, 0.4) is 0 Å². The van der Waals surface area contributed by atoms with E-state index in [2.05, 4.69) is 10.3 Å². The Bertz CT molecular complexity index is 753. The van der Waals surface area contributed by atoms with Crippen LogP contribution in [0.4, 0.5) is 10.1 Å². The van der Waals surface area contributed by atoms with E-state index in [-0.39, 0.29) is 18.1 Å². The quantitative estimate of drug-likeness (QED) is 0.497.